The number of hydrogen-bond acceptors (Lipinski definition) is 6. The molecule has 1 atom stereocenters. The summed E-state index contributed by atoms with van der Waals surface area (Å²) in [5.41, 5.74) is 0. The SMILES string of the molecule is COC(=O)c1ccc(S(=O)(=O)N[C@H](C)C(=O)O)o1. The van der Waals surface area contributed by atoms with Crippen molar-refractivity contribution in [2.24, 2.45) is 0 Å². The van der Waals surface area contributed by atoms with Crippen LogP contribution in [-0.4, -0.2) is 38.6 Å². The molecule has 0 aliphatic rings. The smallest absolute Gasteiger partial charge is 0.374 e. The molecule has 2 N–H and O–H groups in total. The van der Waals surface area contributed by atoms with Gasteiger partial charge in [0.15, 0.2) is 0 Å². The molecule has 0 saturated carbocycles. The number of carbonyl (C=O) groups excluding carboxylic acids is 1. The maximum absolute atomic E-state index is 11.7. The Bertz CT molecular complexity index is 559. The number of ether oxygens (including phenoxy) is 1. The fraction of sp³-hybridized carbons (Fsp3) is 0.333. The van der Waals surface area contributed by atoms with E-state index < -0.39 is 33.1 Å². The highest BCUT2D eigenvalue weighted by Crippen LogP contribution is 2.14. The van der Waals surface area contributed by atoms with Crippen LogP contribution in [0.4, 0.5) is 0 Å². The van der Waals surface area contributed by atoms with E-state index in [0.717, 1.165) is 26.2 Å². The van der Waals surface area contributed by atoms with E-state index in [-0.39, 0.29) is 5.76 Å². The van der Waals surface area contributed by atoms with E-state index in [2.05, 4.69) is 4.74 Å². The monoisotopic (exact) mass is 277 g/mol. The summed E-state index contributed by atoms with van der Waals surface area (Å²) >= 11 is 0. The highest BCUT2D eigenvalue weighted by Gasteiger charge is 2.25. The second-order valence-corrected chi connectivity index (χ2v) is 4.94. The lowest BCUT2D eigenvalue weighted by Gasteiger charge is -2.07. The third kappa shape index (κ3) is 3.08. The van der Waals surface area contributed by atoms with Crippen molar-refractivity contribution in [1.29, 1.82) is 0 Å². The Balaban J connectivity index is 2.96. The van der Waals surface area contributed by atoms with E-state index in [1.54, 1.807) is 0 Å². The summed E-state index contributed by atoms with van der Waals surface area (Å²) in [6.45, 7) is 1.16. The molecule has 0 unspecified atom stereocenters. The second kappa shape index (κ2) is 5.19. The van der Waals surface area contributed by atoms with Gasteiger partial charge in [0.05, 0.1) is 7.11 Å². The Hall–Kier alpha value is -1.87. The first kappa shape index (κ1) is 14.2. The molecular weight excluding hydrogens is 266 g/mol. The number of carboxylic acid groups (broad SMARTS) is 1. The highest BCUT2D eigenvalue weighted by atomic mass is 32.2. The lowest BCUT2D eigenvalue weighted by atomic mass is 10.4. The van der Waals surface area contributed by atoms with Gasteiger partial charge in [-0.1, -0.05) is 0 Å². The van der Waals surface area contributed by atoms with Crippen molar-refractivity contribution in [3.8, 4) is 0 Å². The van der Waals surface area contributed by atoms with Gasteiger partial charge in [-0.15, -0.1) is 0 Å². The summed E-state index contributed by atoms with van der Waals surface area (Å²) in [4.78, 5) is 21.6. The average Bonchev–Trinajstić information content (AvgIpc) is 2.77. The fourth-order valence-electron chi connectivity index (χ4n) is 1.02. The number of furan rings is 1. The van der Waals surface area contributed by atoms with Crippen LogP contribution >= 0.6 is 0 Å². The Morgan fingerprint density at radius 1 is 1.44 bits per heavy atom. The number of sulfonamides is 1. The van der Waals surface area contributed by atoms with Crippen LogP contribution in [0.2, 0.25) is 0 Å². The van der Waals surface area contributed by atoms with Crippen LogP contribution in [0.3, 0.4) is 0 Å². The normalized spacial score (nSPS) is 13.0. The van der Waals surface area contributed by atoms with Gasteiger partial charge >= 0.3 is 11.9 Å². The predicted molar refractivity (Wildman–Crippen MR) is 57.5 cm³/mol. The number of carboxylic acids is 1. The number of esters is 1. The molecule has 8 nitrogen and oxygen atoms in total. The summed E-state index contributed by atoms with van der Waals surface area (Å²) in [6.07, 6.45) is 0. The number of methoxy groups -OCH3 is 1. The third-order valence-corrected chi connectivity index (χ3v) is 3.35. The zero-order chi connectivity index (χ0) is 13.9. The second-order valence-electron chi connectivity index (χ2n) is 3.29. The topological polar surface area (TPSA) is 123 Å². The van der Waals surface area contributed by atoms with Gasteiger partial charge in [-0.05, 0) is 19.1 Å². The fourth-order valence-corrected chi connectivity index (χ4v) is 2.15. The first-order valence-electron chi connectivity index (χ1n) is 4.71. The molecule has 100 valence electrons. The van der Waals surface area contributed by atoms with Crippen LogP contribution < -0.4 is 4.72 Å². The predicted octanol–water partition coefficient (Wildman–Crippen LogP) is -0.182. The zero-order valence-corrected chi connectivity index (χ0v) is 10.4. The Kier molecular flexibility index (Phi) is 4.09. The summed E-state index contributed by atoms with van der Waals surface area (Å²) in [6, 6.07) is 0.830. The Labute approximate surface area is 103 Å². The average molecular weight is 277 g/mol. The van der Waals surface area contributed by atoms with Crippen LogP contribution in [0.1, 0.15) is 17.5 Å². The van der Waals surface area contributed by atoms with E-state index in [1.165, 1.54) is 0 Å². The molecule has 9 heteroatoms. The molecule has 0 aliphatic carbocycles. The van der Waals surface area contributed by atoms with Gasteiger partial charge in [0.25, 0.3) is 10.0 Å². The quantitative estimate of drug-likeness (QED) is 0.715. The van der Waals surface area contributed by atoms with Crippen LogP contribution in [0.5, 0.6) is 0 Å². The van der Waals surface area contributed by atoms with Crippen molar-refractivity contribution < 1.29 is 32.3 Å². The van der Waals surface area contributed by atoms with Crippen LogP contribution in [0, 0.1) is 0 Å². The minimum absolute atomic E-state index is 0.291. The van der Waals surface area contributed by atoms with Gasteiger partial charge in [-0.2, -0.15) is 4.72 Å². The molecule has 1 rings (SSSR count). The lowest BCUT2D eigenvalue weighted by molar-refractivity contribution is -0.138. The van der Waals surface area contributed by atoms with Crippen molar-refractivity contribution in [1.82, 2.24) is 4.72 Å². The minimum atomic E-state index is -4.13. The number of nitrogens with one attached hydrogen (secondary N) is 1. The first-order valence-corrected chi connectivity index (χ1v) is 6.19. The molecule has 0 aromatic carbocycles. The molecule has 0 spiro atoms. The van der Waals surface area contributed by atoms with E-state index >= 15 is 0 Å². The zero-order valence-electron chi connectivity index (χ0n) is 9.54. The van der Waals surface area contributed by atoms with Gasteiger partial charge in [0, 0.05) is 0 Å². The molecule has 0 bridgehead atoms. The largest absolute Gasteiger partial charge is 0.480 e. The van der Waals surface area contributed by atoms with E-state index in [1.807, 2.05) is 4.72 Å². The molecule has 0 aliphatic heterocycles. The Morgan fingerprint density at radius 3 is 2.56 bits per heavy atom. The van der Waals surface area contributed by atoms with E-state index in [9.17, 15) is 18.0 Å². The molecule has 1 aromatic heterocycles. The van der Waals surface area contributed by atoms with Crippen LogP contribution in [0.15, 0.2) is 21.6 Å². The molecule has 18 heavy (non-hydrogen) atoms. The van der Waals surface area contributed by atoms with Crippen molar-refractivity contribution in [3.63, 3.8) is 0 Å². The van der Waals surface area contributed by atoms with E-state index in [4.69, 9.17) is 9.52 Å². The maximum Gasteiger partial charge on any atom is 0.374 e. The van der Waals surface area contributed by atoms with Gasteiger partial charge < -0.3 is 14.3 Å². The van der Waals surface area contributed by atoms with E-state index in [0.29, 0.717) is 0 Å². The number of aliphatic carboxylic acids is 1. The minimum Gasteiger partial charge on any atom is -0.480 e. The summed E-state index contributed by atoms with van der Waals surface area (Å²) in [7, 11) is -3.02. The number of carbonyl (C=O) groups is 2. The van der Waals surface area contributed by atoms with Crippen molar-refractivity contribution in [2.75, 3.05) is 7.11 Å². The number of hydrogen-bond donors (Lipinski definition) is 2. The van der Waals surface area contributed by atoms with Crippen LogP contribution in [0.25, 0.3) is 0 Å². The van der Waals surface area contributed by atoms with Gasteiger partial charge in [0.1, 0.15) is 6.04 Å². The molecular formula is C9H11NO7S. The Morgan fingerprint density at radius 2 is 2.06 bits per heavy atom. The molecule has 1 aromatic rings. The molecule has 0 fully saturated rings. The van der Waals surface area contributed by atoms with Gasteiger partial charge in [-0.25, -0.2) is 13.2 Å². The number of rotatable bonds is 5. The van der Waals surface area contributed by atoms with Crippen molar-refractivity contribution in [3.05, 3.63) is 17.9 Å². The molecule has 0 radical (unpaired) electrons. The maximum atomic E-state index is 11.7. The summed E-state index contributed by atoms with van der Waals surface area (Å²) < 4.78 is 34.3. The molecule has 0 amide bonds. The van der Waals surface area contributed by atoms with Crippen molar-refractivity contribution in [2.45, 2.75) is 18.1 Å². The van der Waals surface area contributed by atoms with Crippen molar-refractivity contribution >= 4 is 22.0 Å². The highest BCUT2D eigenvalue weighted by molar-refractivity contribution is 7.89. The molecule has 0 saturated heterocycles. The standard InChI is InChI=1S/C9H11NO7S/c1-5(8(11)12)10-18(14,15)7-4-3-6(17-7)9(13)16-2/h3-5,10H,1-2H3,(H,11,12)/t5-/m1/s1. The summed E-state index contributed by atoms with van der Waals surface area (Å²) in [5, 5.41) is 8.03. The third-order valence-electron chi connectivity index (χ3n) is 1.94. The first-order chi connectivity index (χ1) is 8.27. The van der Waals surface area contributed by atoms with Gasteiger partial charge in [0.2, 0.25) is 10.9 Å². The summed E-state index contributed by atoms with van der Waals surface area (Å²) in [5.74, 6) is -2.46. The molecule has 1 heterocycles. The lowest BCUT2D eigenvalue weighted by Crippen LogP contribution is -2.38. The van der Waals surface area contributed by atoms with Gasteiger partial charge in [-0.3, -0.25) is 4.79 Å². The van der Waals surface area contributed by atoms with Crippen LogP contribution in [-0.2, 0) is 19.6 Å².